The number of aryl methyl sites for hydroxylation is 1. The molecule has 4 rings (SSSR count). The van der Waals surface area contributed by atoms with Crippen LogP contribution in [0.25, 0.3) is 10.8 Å². The predicted molar refractivity (Wildman–Crippen MR) is 142 cm³/mol. The van der Waals surface area contributed by atoms with Gasteiger partial charge in [-0.1, -0.05) is 87.0 Å². The van der Waals surface area contributed by atoms with Crippen molar-refractivity contribution in [3.05, 3.63) is 102 Å². The van der Waals surface area contributed by atoms with E-state index >= 15 is 0 Å². The van der Waals surface area contributed by atoms with Crippen LogP contribution >= 0.6 is 0 Å². The van der Waals surface area contributed by atoms with Crippen LogP contribution in [0.15, 0.2) is 94.7 Å². The summed E-state index contributed by atoms with van der Waals surface area (Å²) in [6.45, 7) is 8.35. The van der Waals surface area contributed by atoms with E-state index in [2.05, 4.69) is 25.5 Å². The largest absolute Gasteiger partial charge is 0.378 e. The molecule has 8 heteroatoms. The highest BCUT2D eigenvalue weighted by atomic mass is 32.2. The molecule has 1 N–H and O–H groups in total. The molecule has 0 heterocycles. The third-order valence-corrected chi connectivity index (χ3v) is 8.63. The lowest BCUT2D eigenvalue weighted by atomic mass is 9.87. The summed E-state index contributed by atoms with van der Waals surface area (Å²) in [5, 5.41) is 0.746. The van der Waals surface area contributed by atoms with Gasteiger partial charge in [0.15, 0.2) is 5.75 Å². The highest BCUT2D eigenvalue weighted by Gasteiger charge is 2.22. The minimum absolute atomic E-state index is 0.00764. The number of hydrogen-bond acceptors (Lipinski definition) is 5. The Bertz CT molecular complexity index is 1600. The van der Waals surface area contributed by atoms with Crippen LogP contribution in [0, 0.1) is 6.92 Å². The Hall–Kier alpha value is -3.20. The summed E-state index contributed by atoms with van der Waals surface area (Å²) in [6, 6.07) is 23.6. The van der Waals surface area contributed by atoms with Gasteiger partial charge in [0.05, 0.1) is 4.90 Å². The van der Waals surface area contributed by atoms with Crippen LogP contribution in [0.4, 0.5) is 0 Å². The molecule has 0 saturated carbocycles. The van der Waals surface area contributed by atoms with Crippen molar-refractivity contribution in [1.82, 2.24) is 4.72 Å². The summed E-state index contributed by atoms with van der Waals surface area (Å²) in [5.74, 6) is 0.0582. The highest BCUT2D eigenvalue weighted by Crippen LogP contribution is 2.32. The van der Waals surface area contributed by atoms with Crippen LogP contribution in [0.1, 0.15) is 37.5 Å². The third-order valence-electron chi connectivity index (χ3n) is 5.93. The van der Waals surface area contributed by atoms with Crippen molar-refractivity contribution in [1.29, 1.82) is 0 Å². The van der Waals surface area contributed by atoms with Gasteiger partial charge in [0.25, 0.3) is 0 Å². The summed E-state index contributed by atoms with van der Waals surface area (Å²) in [7, 11) is -7.99. The van der Waals surface area contributed by atoms with Gasteiger partial charge in [-0.15, -0.1) is 0 Å². The molecule has 0 spiro atoms. The van der Waals surface area contributed by atoms with Crippen molar-refractivity contribution < 1.29 is 21.0 Å². The predicted octanol–water partition coefficient (Wildman–Crippen LogP) is 5.69. The van der Waals surface area contributed by atoms with Gasteiger partial charge in [-0.05, 0) is 47.7 Å². The first-order valence-corrected chi connectivity index (χ1v) is 14.4. The molecule has 0 aliphatic rings. The Morgan fingerprint density at radius 3 is 2.00 bits per heavy atom. The van der Waals surface area contributed by atoms with Gasteiger partial charge >= 0.3 is 10.1 Å². The fourth-order valence-electron chi connectivity index (χ4n) is 3.81. The summed E-state index contributed by atoms with van der Waals surface area (Å²) in [4.78, 5) is 0.0671. The Morgan fingerprint density at radius 1 is 0.750 bits per heavy atom. The second-order valence-corrected chi connectivity index (χ2v) is 13.0. The van der Waals surface area contributed by atoms with Gasteiger partial charge in [-0.2, -0.15) is 8.42 Å². The molecule has 0 amide bonds. The van der Waals surface area contributed by atoms with E-state index in [1.807, 2.05) is 31.2 Å². The van der Waals surface area contributed by atoms with Crippen molar-refractivity contribution in [2.24, 2.45) is 0 Å². The third kappa shape index (κ3) is 5.61. The van der Waals surface area contributed by atoms with Crippen LogP contribution in [-0.2, 0) is 32.1 Å². The molecule has 188 valence electrons. The summed E-state index contributed by atoms with van der Waals surface area (Å²) >= 11 is 0. The Balaban J connectivity index is 1.62. The molecular formula is C28H29NO5S2. The Labute approximate surface area is 213 Å². The van der Waals surface area contributed by atoms with E-state index in [0.717, 1.165) is 16.7 Å². The van der Waals surface area contributed by atoms with Crippen LogP contribution in [-0.4, -0.2) is 16.8 Å². The van der Waals surface area contributed by atoms with E-state index in [1.54, 1.807) is 36.4 Å². The molecular weight excluding hydrogens is 494 g/mol. The van der Waals surface area contributed by atoms with E-state index in [1.165, 1.54) is 24.3 Å². The quantitative estimate of drug-likeness (QED) is 0.314. The lowest BCUT2D eigenvalue weighted by molar-refractivity contribution is 0.488. The lowest BCUT2D eigenvalue weighted by Crippen LogP contribution is -2.23. The van der Waals surface area contributed by atoms with Crippen molar-refractivity contribution in [2.75, 3.05) is 0 Å². The standard InChI is InChI=1S/C28H29NO5S2/c1-20-11-17-23(18-12-20)36(32,33)34-26-9-5-8-25-24(26)7-6-10-27(25)35(30,31)29-19-21-13-15-22(16-14-21)28(2,3)4/h5-18,29H,19H2,1-4H3. The minimum atomic E-state index is -4.10. The number of benzene rings is 4. The topological polar surface area (TPSA) is 89.5 Å². The van der Waals surface area contributed by atoms with Gasteiger partial charge in [0.1, 0.15) is 4.90 Å². The van der Waals surface area contributed by atoms with Gasteiger partial charge in [0.2, 0.25) is 10.0 Å². The molecule has 0 saturated heterocycles. The van der Waals surface area contributed by atoms with Crippen molar-refractivity contribution >= 4 is 30.9 Å². The van der Waals surface area contributed by atoms with Crippen molar-refractivity contribution in [2.45, 2.75) is 49.4 Å². The summed E-state index contributed by atoms with van der Waals surface area (Å²) in [5.41, 5.74) is 2.93. The van der Waals surface area contributed by atoms with Gasteiger partial charge in [0, 0.05) is 17.3 Å². The number of rotatable bonds is 7. The fourth-order valence-corrected chi connectivity index (χ4v) is 5.99. The minimum Gasteiger partial charge on any atom is -0.378 e. The maximum absolute atomic E-state index is 13.2. The molecule has 0 aromatic heterocycles. The van der Waals surface area contributed by atoms with Crippen LogP contribution in [0.3, 0.4) is 0 Å². The number of hydrogen-bond donors (Lipinski definition) is 1. The maximum atomic E-state index is 13.2. The molecule has 0 aliphatic heterocycles. The Morgan fingerprint density at radius 2 is 1.36 bits per heavy atom. The molecule has 0 unspecified atom stereocenters. The van der Waals surface area contributed by atoms with E-state index in [-0.39, 0.29) is 27.5 Å². The highest BCUT2D eigenvalue weighted by molar-refractivity contribution is 7.89. The normalized spacial score (nSPS) is 12.6. The summed E-state index contributed by atoms with van der Waals surface area (Å²) in [6.07, 6.45) is 0. The molecule has 6 nitrogen and oxygen atoms in total. The molecule has 0 bridgehead atoms. The van der Waals surface area contributed by atoms with Crippen LogP contribution < -0.4 is 8.91 Å². The molecule has 4 aromatic carbocycles. The summed E-state index contributed by atoms with van der Waals surface area (Å²) < 4.78 is 60.2. The van der Waals surface area contributed by atoms with E-state index in [9.17, 15) is 16.8 Å². The van der Waals surface area contributed by atoms with Crippen LogP contribution in [0.5, 0.6) is 5.75 Å². The smallest absolute Gasteiger partial charge is 0.339 e. The number of sulfonamides is 1. The first-order valence-electron chi connectivity index (χ1n) is 11.5. The SMILES string of the molecule is Cc1ccc(S(=O)(=O)Oc2cccc3c(S(=O)(=O)NCc4ccc(C(C)(C)C)cc4)cccc23)cc1. The molecule has 36 heavy (non-hydrogen) atoms. The van der Waals surface area contributed by atoms with Gasteiger partial charge in [-0.25, -0.2) is 13.1 Å². The van der Waals surface area contributed by atoms with Gasteiger partial charge < -0.3 is 4.18 Å². The molecule has 0 atom stereocenters. The second kappa shape index (κ2) is 9.69. The van der Waals surface area contributed by atoms with E-state index in [0.29, 0.717) is 10.8 Å². The first-order chi connectivity index (χ1) is 16.9. The molecule has 0 aliphatic carbocycles. The zero-order valence-corrected chi connectivity index (χ0v) is 22.3. The fraction of sp³-hybridized carbons (Fsp3) is 0.214. The maximum Gasteiger partial charge on any atom is 0.339 e. The van der Waals surface area contributed by atoms with E-state index < -0.39 is 20.1 Å². The number of fused-ring (bicyclic) bond motifs is 1. The van der Waals surface area contributed by atoms with Crippen molar-refractivity contribution in [3.63, 3.8) is 0 Å². The molecule has 0 fully saturated rings. The molecule has 4 aromatic rings. The van der Waals surface area contributed by atoms with E-state index in [4.69, 9.17) is 4.18 Å². The average Bonchev–Trinajstić information content (AvgIpc) is 2.82. The average molecular weight is 524 g/mol. The number of nitrogens with one attached hydrogen (secondary N) is 1. The first kappa shape index (κ1) is 25.9. The molecule has 0 radical (unpaired) electrons. The zero-order chi connectivity index (χ0) is 26.1. The lowest BCUT2D eigenvalue weighted by Gasteiger charge is -2.19. The van der Waals surface area contributed by atoms with Crippen molar-refractivity contribution in [3.8, 4) is 5.75 Å². The van der Waals surface area contributed by atoms with Gasteiger partial charge in [-0.3, -0.25) is 0 Å². The monoisotopic (exact) mass is 523 g/mol. The Kier molecular flexibility index (Phi) is 6.96. The zero-order valence-electron chi connectivity index (χ0n) is 20.6. The van der Waals surface area contributed by atoms with Crippen LogP contribution in [0.2, 0.25) is 0 Å². The second-order valence-electron chi connectivity index (χ2n) is 9.73.